The van der Waals surface area contributed by atoms with Crippen LogP contribution >= 0.6 is 0 Å². The first-order valence-electron chi connectivity index (χ1n) is 4.09. The van der Waals surface area contributed by atoms with Crippen molar-refractivity contribution in [3.8, 4) is 0 Å². The van der Waals surface area contributed by atoms with Gasteiger partial charge in [-0.3, -0.25) is 0 Å². The van der Waals surface area contributed by atoms with Crippen LogP contribution in [-0.2, 0) is 0 Å². The summed E-state index contributed by atoms with van der Waals surface area (Å²) in [6.07, 6.45) is 4.18. The second-order valence-corrected chi connectivity index (χ2v) is 3.09. The molecule has 1 aliphatic rings. The molecule has 1 aliphatic carbocycles. The van der Waals surface area contributed by atoms with Crippen molar-refractivity contribution >= 4 is 5.57 Å². The summed E-state index contributed by atoms with van der Waals surface area (Å²) in [6.45, 7) is 6.12. The Bertz CT molecular complexity index is 345. The lowest BCUT2D eigenvalue weighted by Gasteiger charge is -2.26. The summed E-state index contributed by atoms with van der Waals surface area (Å²) >= 11 is 0. The Labute approximate surface area is 73.2 Å². The third-order valence-corrected chi connectivity index (χ3v) is 2.23. The zero-order chi connectivity index (χ0) is 8.55. The predicted molar refractivity (Wildman–Crippen MR) is 52.6 cm³/mol. The summed E-state index contributed by atoms with van der Waals surface area (Å²) in [5.74, 6) is 1.32. The molecule has 0 saturated carbocycles. The molecule has 1 aromatic carbocycles. The number of hydrogen-bond donors (Lipinski definition) is 0. The van der Waals surface area contributed by atoms with Crippen LogP contribution < -0.4 is 0 Å². The summed E-state index contributed by atoms with van der Waals surface area (Å²) in [4.78, 5) is 0. The lowest BCUT2D eigenvalue weighted by atomic mass is 9.87. The van der Waals surface area contributed by atoms with Crippen LogP contribution in [0.2, 0.25) is 0 Å². The molecule has 0 aromatic heterocycles. The summed E-state index contributed by atoms with van der Waals surface area (Å²) in [5, 5.41) is 0. The molecule has 0 unspecified atom stereocenters. The summed E-state index contributed by atoms with van der Waals surface area (Å²) in [6, 6.07) is 8.37. The predicted octanol–water partition coefficient (Wildman–Crippen LogP) is 3.21. The zero-order valence-corrected chi connectivity index (χ0v) is 7.17. The fraction of sp³-hybridized carbons (Fsp3) is 0.0833. The van der Waals surface area contributed by atoms with E-state index in [0.717, 1.165) is 5.57 Å². The maximum Gasteiger partial charge on any atom is -0.0748 e. The maximum atomic E-state index is 3.99. The highest BCUT2D eigenvalue weighted by Crippen LogP contribution is 2.30. The number of fused-ring (bicyclic) bond motifs is 1. The van der Waals surface area contributed by atoms with E-state index in [9.17, 15) is 0 Å². The highest BCUT2D eigenvalue weighted by molar-refractivity contribution is 5.79. The Morgan fingerprint density at radius 2 is 2.00 bits per heavy atom. The molecule has 0 fully saturated rings. The van der Waals surface area contributed by atoms with Crippen molar-refractivity contribution in [3.63, 3.8) is 0 Å². The van der Waals surface area contributed by atoms with Gasteiger partial charge < -0.3 is 0 Å². The Hall–Kier alpha value is -1.43. The highest BCUT2D eigenvalue weighted by atomic mass is 14.2. The van der Waals surface area contributed by atoms with Crippen molar-refractivity contribution in [1.82, 2.24) is 0 Å². The van der Waals surface area contributed by atoms with Gasteiger partial charge in [0.05, 0.1) is 0 Å². The Balaban J connectivity index is 2.61. The minimum Gasteiger partial charge on any atom is -0.142 e. The van der Waals surface area contributed by atoms with E-state index < -0.39 is 0 Å². The molecule has 0 heteroatoms. The van der Waals surface area contributed by atoms with E-state index in [0.29, 0.717) is 0 Å². The van der Waals surface area contributed by atoms with E-state index in [1.807, 2.05) is 0 Å². The van der Waals surface area contributed by atoms with E-state index in [1.54, 1.807) is 0 Å². The lowest BCUT2D eigenvalue weighted by molar-refractivity contribution is 1.22. The molecule has 0 spiro atoms. The first-order valence-corrected chi connectivity index (χ1v) is 4.09. The molecule has 0 bridgehead atoms. The lowest BCUT2D eigenvalue weighted by Crippen LogP contribution is -2.00. The molecule has 0 saturated heterocycles. The van der Waals surface area contributed by atoms with E-state index in [-0.39, 0.29) is 0 Å². The number of allylic oxidation sites excluding steroid dienone is 3. The average Bonchev–Trinajstić information content (AvgIpc) is 2.12. The molecule has 0 nitrogen and oxygen atoms in total. The third kappa shape index (κ3) is 0.964. The Morgan fingerprint density at radius 3 is 2.75 bits per heavy atom. The molecular weight excluding hydrogens is 144 g/mol. The summed E-state index contributed by atoms with van der Waals surface area (Å²) in [7, 11) is 0. The van der Waals surface area contributed by atoms with E-state index >= 15 is 0 Å². The van der Waals surface area contributed by atoms with Gasteiger partial charge in [0.1, 0.15) is 0 Å². The van der Waals surface area contributed by atoms with Crippen molar-refractivity contribution in [2.45, 2.75) is 6.92 Å². The molecule has 0 aliphatic heterocycles. The molecule has 0 radical (unpaired) electrons. The normalized spacial score (nSPS) is 14.8. The van der Waals surface area contributed by atoms with Crippen LogP contribution in [0.1, 0.15) is 18.1 Å². The minimum absolute atomic E-state index is 1.11. The summed E-state index contributed by atoms with van der Waals surface area (Å²) in [5.41, 5.74) is 3.68. The number of rotatable bonds is 0. The molecule has 0 atom stereocenters. The minimum atomic E-state index is 1.11. The standard InChI is InChI=1S/C12H11/c1-9-7-8-10(2)12-6-4-3-5-11(9)12/h3-8H,1H2,2H3/q-1. The first-order chi connectivity index (χ1) is 5.79. The van der Waals surface area contributed by atoms with Gasteiger partial charge in [-0.05, 0) is 0 Å². The SMILES string of the molecule is C=C1C=C[C-](C)c2ccccc21. The van der Waals surface area contributed by atoms with Crippen LogP contribution in [0.15, 0.2) is 43.0 Å². The molecular formula is C12H11-. The van der Waals surface area contributed by atoms with Crippen LogP contribution in [0.3, 0.4) is 0 Å². The molecule has 0 heterocycles. The van der Waals surface area contributed by atoms with E-state index in [4.69, 9.17) is 0 Å². The van der Waals surface area contributed by atoms with Crippen molar-refractivity contribution in [3.05, 3.63) is 60.0 Å². The van der Waals surface area contributed by atoms with Gasteiger partial charge in [-0.2, -0.15) is 0 Å². The van der Waals surface area contributed by atoms with Crippen LogP contribution in [0.4, 0.5) is 0 Å². The van der Waals surface area contributed by atoms with Crippen LogP contribution in [-0.4, -0.2) is 0 Å². The second kappa shape index (κ2) is 2.56. The van der Waals surface area contributed by atoms with Gasteiger partial charge in [0.2, 0.25) is 0 Å². The molecule has 12 heavy (non-hydrogen) atoms. The van der Waals surface area contributed by atoms with Crippen molar-refractivity contribution < 1.29 is 0 Å². The fourth-order valence-electron chi connectivity index (χ4n) is 1.51. The zero-order valence-electron chi connectivity index (χ0n) is 7.17. The third-order valence-electron chi connectivity index (χ3n) is 2.23. The van der Waals surface area contributed by atoms with Crippen LogP contribution in [0.25, 0.3) is 5.57 Å². The van der Waals surface area contributed by atoms with Crippen molar-refractivity contribution in [2.24, 2.45) is 0 Å². The van der Waals surface area contributed by atoms with Crippen molar-refractivity contribution in [2.75, 3.05) is 0 Å². The number of hydrogen-bond acceptors (Lipinski definition) is 0. The molecule has 2 rings (SSSR count). The molecule has 1 aromatic rings. The van der Waals surface area contributed by atoms with Gasteiger partial charge in [0.25, 0.3) is 0 Å². The largest absolute Gasteiger partial charge is 0.142 e. The molecule has 0 amide bonds. The Morgan fingerprint density at radius 1 is 1.25 bits per heavy atom. The van der Waals surface area contributed by atoms with E-state index in [2.05, 4.69) is 49.9 Å². The maximum absolute atomic E-state index is 3.99. The van der Waals surface area contributed by atoms with Gasteiger partial charge >= 0.3 is 0 Å². The average molecular weight is 155 g/mol. The smallest absolute Gasteiger partial charge is 0.0748 e. The van der Waals surface area contributed by atoms with Gasteiger partial charge in [-0.15, -0.1) is 53.5 Å². The van der Waals surface area contributed by atoms with E-state index in [1.165, 1.54) is 17.0 Å². The summed E-state index contributed by atoms with van der Waals surface area (Å²) < 4.78 is 0. The topological polar surface area (TPSA) is 0 Å². The molecule has 60 valence electrons. The number of benzene rings is 1. The van der Waals surface area contributed by atoms with Gasteiger partial charge in [0.15, 0.2) is 0 Å². The second-order valence-electron chi connectivity index (χ2n) is 3.09. The quantitative estimate of drug-likeness (QED) is 0.505. The van der Waals surface area contributed by atoms with Gasteiger partial charge in [-0.25, -0.2) is 0 Å². The first kappa shape index (κ1) is 7.23. The van der Waals surface area contributed by atoms with Gasteiger partial charge in [-0.1, -0.05) is 19.1 Å². The fourth-order valence-corrected chi connectivity index (χ4v) is 1.51. The van der Waals surface area contributed by atoms with Crippen LogP contribution in [0.5, 0.6) is 0 Å². The van der Waals surface area contributed by atoms with Crippen LogP contribution in [0, 0.1) is 5.92 Å². The monoisotopic (exact) mass is 155 g/mol. The van der Waals surface area contributed by atoms with Gasteiger partial charge in [0, 0.05) is 0 Å². The Kier molecular flexibility index (Phi) is 1.54. The van der Waals surface area contributed by atoms with Crippen molar-refractivity contribution in [1.29, 1.82) is 0 Å². The molecule has 0 N–H and O–H groups in total. The highest BCUT2D eigenvalue weighted by Gasteiger charge is 2.03.